The van der Waals surface area contributed by atoms with Crippen LogP contribution in [0.2, 0.25) is 5.02 Å². The molecule has 1 aliphatic heterocycles. The summed E-state index contributed by atoms with van der Waals surface area (Å²) in [5, 5.41) is 2.16. The van der Waals surface area contributed by atoms with Gasteiger partial charge in [-0.3, -0.25) is 4.98 Å². The number of aryl methyl sites for hydroxylation is 3. The van der Waals surface area contributed by atoms with Gasteiger partial charge in [0, 0.05) is 59.6 Å². The Balaban J connectivity index is 1.73. The molecule has 0 N–H and O–H groups in total. The summed E-state index contributed by atoms with van der Waals surface area (Å²) in [7, 11) is 2.21. The van der Waals surface area contributed by atoms with Gasteiger partial charge in [0.2, 0.25) is 0 Å². The molecule has 0 aliphatic carbocycles. The van der Waals surface area contributed by atoms with Crippen molar-refractivity contribution in [3.05, 3.63) is 64.1 Å². The van der Waals surface area contributed by atoms with E-state index in [4.69, 9.17) is 11.6 Å². The first-order chi connectivity index (χ1) is 12.1. The number of nitrogens with zero attached hydrogens (tertiary/aromatic N) is 3. The summed E-state index contributed by atoms with van der Waals surface area (Å²) in [6.07, 6.45) is 5.21. The fraction of sp³-hybridized carbons (Fsp3) is 0.381. The third-order valence-corrected chi connectivity index (χ3v) is 5.55. The fourth-order valence-corrected chi connectivity index (χ4v) is 4.04. The zero-order valence-electron chi connectivity index (χ0n) is 14.9. The van der Waals surface area contributed by atoms with Crippen molar-refractivity contribution < 1.29 is 0 Å². The molecule has 0 saturated heterocycles. The number of hydrogen-bond acceptors (Lipinski definition) is 2. The van der Waals surface area contributed by atoms with Crippen LogP contribution in [0.1, 0.15) is 22.5 Å². The number of rotatable bonds is 3. The lowest BCUT2D eigenvalue weighted by molar-refractivity contribution is 0.351. The van der Waals surface area contributed by atoms with Gasteiger partial charge in [-0.25, -0.2) is 0 Å². The van der Waals surface area contributed by atoms with Gasteiger partial charge >= 0.3 is 0 Å². The summed E-state index contributed by atoms with van der Waals surface area (Å²) in [5.41, 5.74) is 6.66. The second-order valence-electron chi connectivity index (χ2n) is 7.10. The van der Waals surface area contributed by atoms with E-state index in [2.05, 4.69) is 45.8 Å². The van der Waals surface area contributed by atoms with Gasteiger partial charge in [0.15, 0.2) is 0 Å². The number of hydrogen-bond donors (Lipinski definition) is 0. The van der Waals surface area contributed by atoms with Crippen LogP contribution in [0.3, 0.4) is 0 Å². The molecule has 0 bridgehead atoms. The van der Waals surface area contributed by atoms with E-state index in [0.29, 0.717) is 0 Å². The molecule has 0 atom stereocenters. The Hall–Kier alpha value is -1.84. The molecular weight excluding hydrogens is 330 g/mol. The van der Waals surface area contributed by atoms with Gasteiger partial charge in [-0.1, -0.05) is 17.7 Å². The highest BCUT2D eigenvalue weighted by Gasteiger charge is 2.20. The Morgan fingerprint density at radius 2 is 1.96 bits per heavy atom. The van der Waals surface area contributed by atoms with Crippen LogP contribution in [-0.4, -0.2) is 34.6 Å². The van der Waals surface area contributed by atoms with Gasteiger partial charge < -0.3 is 9.47 Å². The van der Waals surface area contributed by atoms with E-state index in [1.807, 2.05) is 19.2 Å². The van der Waals surface area contributed by atoms with Crippen molar-refractivity contribution >= 4 is 22.5 Å². The predicted octanol–water partition coefficient (Wildman–Crippen LogP) is 4.27. The van der Waals surface area contributed by atoms with Crippen molar-refractivity contribution in [2.45, 2.75) is 32.7 Å². The normalized spacial score (nSPS) is 15.3. The largest absolute Gasteiger partial charge is 0.344 e. The van der Waals surface area contributed by atoms with E-state index in [-0.39, 0.29) is 0 Å². The van der Waals surface area contributed by atoms with Crippen LogP contribution < -0.4 is 0 Å². The molecule has 1 aliphatic rings. The number of likely N-dealkylation sites (N-methyl/N-ethyl adjacent to an activating group) is 1. The summed E-state index contributed by atoms with van der Waals surface area (Å²) < 4.78 is 2.51. The molecule has 0 spiro atoms. The Morgan fingerprint density at radius 1 is 1.12 bits per heavy atom. The standard InChI is InChI=1S/C21H24ClN3/c1-15-3-4-16(14-23-15)7-12-25-20-6-5-17(22)13-19(20)18-8-10-24(2)11-9-21(18)25/h3-6,13-14H,7-12H2,1-2H3. The summed E-state index contributed by atoms with van der Waals surface area (Å²) in [6.45, 7) is 5.24. The van der Waals surface area contributed by atoms with E-state index in [0.717, 1.165) is 49.6 Å². The summed E-state index contributed by atoms with van der Waals surface area (Å²) >= 11 is 6.30. The lowest BCUT2D eigenvalue weighted by atomic mass is 10.1. The minimum atomic E-state index is 0.827. The third-order valence-electron chi connectivity index (χ3n) is 5.32. The molecule has 0 amide bonds. The molecular formula is C21H24ClN3. The minimum absolute atomic E-state index is 0.827. The molecule has 25 heavy (non-hydrogen) atoms. The number of pyridine rings is 1. The smallest absolute Gasteiger partial charge is 0.0486 e. The van der Waals surface area contributed by atoms with Crippen molar-refractivity contribution in [2.75, 3.05) is 20.1 Å². The first-order valence-corrected chi connectivity index (χ1v) is 9.39. The quantitative estimate of drug-likeness (QED) is 0.701. The van der Waals surface area contributed by atoms with Crippen molar-refractivity contribution in [3.8, 4) is 0 Å². The molecule has 0 radical (unpaired) electrons. The van der Waals surface area contributed by atoms with Gasteiger partial charge in [0.1, 0.15) is 0 Å². The highest BCUT2D eigenvalue weighted by molar-refractivity contribution is 6.31. The van der Waals surface area contributed by atoms with Crippen molar-refractivity contribution in [2.24, 2.45) is 0 Å². The van der Waals surface area contributed by atoms with Gasteiger partial charge in [-0.2, -0.15) is 0 Å². The SMILES string of the molecule is Cc1ccc(CCn2c3c(c4cc(Cl)ccc42)CCN(C)CC3)cn1. The fourth-order valence-electron chi connectivity index (χ4n) is 3.87. The molecule has 3 aromatic rings. The second-order valence-corrected chi connectivity index (χ2v) is 7.54. The molecule has 4 heteroatoms. The minimum Gasteiger partial charge on any atom is -0.344 e. The Kier molecular flexibility index (Phi) is 4.53. The van der Waals surface area contributed by atoms with Crippen LogP contribution in [0, 0.1) is 6.92 Å². The number of benzene rings is 1. The lowest BCUT2D eigenvalue weighted by Crippen LogP contribution is -2.21. The Labute approximate surface area is 154 Å². The number of aromatic nitrogens is 2. The van der Waals surface area contributed by atoms with Crippen molar-refractivity contribution in [3.63, 3.8) is 0 Å². The van der Waals surface area contributed by atoms with E-state index in [1.165, 1.54) is 27.7 Å². The van der Waals surface area contributed by atoms with Gasteiger partial charge in [-0.15, -0.1) is 0 Å². The van der Waals surface area contributed by atoms with Gasteiger partial charge in [-0.05, 0) is 62.2 Å². The third kappa shape index (κ3) is 3.31. The van der Waals surface area contributed by atoms with Crippen LogP contribution in [0.25, 0.3) is 10.9 Å². The van der Waals surface area contributed by atoms with Crippen LogP contribution in [-0.2, 0) is 25.8 Å². The summed E-state index contributed by atoms with van der Waals surface area (Å²) in [5.74, 6) is 0. The number of fused-ring (bicyclic) bond motifs is 3. The Bertz CT molecular complexity index is 896. The molecule has 4 rings (SSSR count). The van der Waals surface area contributed by atoms with Gasteiger partial charge in [0.05, 0.1) is 0 Å². The van der Waals surface area contributed by atoms with Gasteiger partial charge in [0.25, 0.3) is 0 Å². The monoisotopic (exact) mass is 353 g/mol. The predicted molar refractivity (Wildman–Crippen MR) is 105 cm³/mol. The molecule has 3 nitrogen and oxygen atoms in total. The molecule has 1 aromatic carbocycles. The first-order valence-electron chi connectivity index (χ1n) is 9.01. The Morgan fingerprint density at radius 3 is 2.76 bits per heavy atom. The molecule has 0 fully saturated rings. The lowest BCUT2D eigenvalue weighted by Gasteiger charge is -2.14. The van der Waals surface area contributed by atoms with Crippen molar-refractivity contribution in [1.82, 2.24) is 14.5 Å². The second kappa shape index (κ2) is 6.81. The summed E-state index contributed by atoms with van der Waals surface area (Å²) in [6, 6.07) is 10.6. The summed E-state index contributed by atoms with van der Waals surface area (Å²) in [4.78, 5) is 6.85. The van der Waals surface area contributed by atoms with E-state index >= 15 is 0 Å². The highest BCUT2D eigenvalue weighted by Crippen LogP contribution is 2.31. The average molecular weight is 354 g/mol. The average Bonchev–Trinajstić information content (AvgIpc) is 2.75. The molecule has 0 unspecified atom stereocenters. The van der Waals surface area contributed by atoms with Crippen LogP contribution in [0.4, 0.5) is 0 Å². The molecule has 130 valence electrons. The molecule has 3 heterocycles. The van der Waals surface area contributed by atoms with E-state index in [9.17, 15) is 0 Å². The maximum absolute atomic E-state index is 6.30. The van der Waals surface area contributed by atoms with E-state index in [1.54, 1.807) is 0 Å². The van der Waals surface area contributed by atoms with Crippen LogP contribution in [0.15, 0.2) is 36.5 Å². The molecule has 0 saturated carbocycles. The number of halogens is 1. The van der Waals surface area contributed by atoms with Crippen LogP contribution in [0.5, 0.6) is 0 Å². The maximum Gasteiger partial charge on any atom is 0.0486 e. The zero-order valence-corrected chi connectivity index (χ0v) is 15.7. The first kappa shape index (κ1) is 16.6. The van der Waals surface area contributed by atoms with E-state index < -0.39 is 0 Å². The van der Waals surface area contributed by atoms with Crippen LogP contribution >= 0.6 is 11.6 Å². The van der Waals surface area contributed by atoms with Crippen molar-refractivity contribution in [1.29, 1.82) is 0 Å². The topological polar surface area (TPSA) is 21.1 Å². The maximum atomic E-state index is 6.30. The highest BCUT2D eigenvalue weighted by atomic mass is 35.5. The molecule has 2 aromatic heterocycles. The zero-order chi connectivity index (χ0) is 17.4.